The van der Waals surface area contributed by atoms with E-state index in [0.717, 1.165) is 24.0 Å². The second-order valence-corrected chi connectivity index (χ2v) is 6.71. The molecule has 0 unspecified atom stereocenters. The van der Waals surface area contributed by atoms with Crippen molar-refractivity contribution in [2.24, 2.45) is 11.0 Å². The summed E-state index contributed by atoms with van der Waals surface area (Å²) in [5, 5.41) is 4.80. The Labute approximate surface area is 161 Å². The van der Waals surface area contributed by atoms with Crippen LogP contribution in [-0.2, 0) is 11.4 Å². The smallest absolute Gasteiger partial charge is 0.243 e. The van der Waals surface area contributed by atoms with Gasteiger partial charge in [-0.15, -0.1) is 0 Å². The quantitative estimate of drug-likeness (QED) is 0.559. The molecule has 0 spiro atoms. The largest absolute Gasteiger partial charge is 0.496 e. The Hall–Kier alpha value is -2.24. The summed E-state index contributed by atoms with van der Waals surface area (Å²) in [5.74, 6) is 1.27. The first-order valence-electron chi connectivity index (χ1n) is 8.15. The summed E-state index contributed by atoms with van der Waals surface area (Å²) in [6, 6.07) is 10.8. The molecule has 0 atom stereocenters. The first kappa shape index (κ1) is 18.5. The van der Waals surface area contributed by atoms with E-state index in [9.17, 15) is 4.79 Å². The van der Waals surface area contributed by atoms with Crippen LogP contribution in [-0.4, -0.2) is 19.2 Å². The lowest BCUT2D eigenvalue weighted by molar-refractivity contribution is -0.122. The van der Waals surface area contributed by atoms with Crippen LogP contribution in [0.5, 0.6) is 11.5 Å². The number of methoxy groups -OCH3 is 1. The number of carbonyl (C=O) groups is 1. The maximum atomic E-state index is 11.6. The van der Waals surface area contributed by atoms with Gasteiger partial charge in [0.05, 0.1) is 18.3 Å². The summed E-state index contributed by atoms with van der Waals surface area (Å²) in [5.41, 5.74) is 4.19. The molecular formula is C19H18Cl2N2O3. The highest BCUT2D eigenvalue weighted by Crippen LogP contribution is 2.32. The van der Waals surface area contributed by atoms with Crippen molar-refractivity contribution >= 4 is 35.3 Å². The summed E-state index contributed by atoms with van der Waals surface area (Å²) in [6.45, 7) is 0.249. The zero-order valence-electron chi connectivity index (χ0n) is 14.2. The molecule has 1 N–H and O–H groups in total. The molecule has 7 heteroatoms. The number of benzene rings is 2. The molecule has 0 heterocycles. The van der Waals surface area contributed by atoms with Crippen LogP contribution in [0.25, 0.3) is 0 Å². The van der Waals surface area contributed by atoms with Crippen molar-refractivity contribution in [1.29, 1.82) is 0 Å². The lowest BCUT2D eigenvalue weighted by atomic mass is 10.1. The lowest BCUT2D eigenvalue weighted by Crippen LogP contribution is -2.18. The number of ether oxygens (including phenoxy) is 2. The van der Waals surface area contributed by atoms with Crippen LogP contribution in [0, 0.1) is 5.92 Å². The molecule has 2 aromatic carbocycles. The van der Waals surface area contributed by atoms with Gasteiger partial charge in [-0.25, -0.2) is 5.43 Å². The highest BCUT2D eigenvalue weighted by Gasteiger charge is 2.29. The maximum Gasteiger partial charge on any atom is 0.243 e. The van der Waals surface area contributed by atoms with Gasteiger partial charge >= 0.3 is 0 Å². The second-order valence-electron chi connectivity index (χ2n) is 5.92. The maximum absolute atomic E-state index is 11.6. The standard InChI is InChI=1S/C19H18Cl2N2O3/c1-25-16-8-5-12(10-22-23-19(24)13-6-7-13)9-14(16)11-26-17-4-2-3-15(20)18(17)21/h2-5,8-10,13H,6-7,11H2,1H3,(H,23,24)/b22-10+. The van der Waals surface area contributed by atoms with E-state index in [1.165, 1.54) is 0 Å². The third-order valence-electron chi connectivity index (χ3n) is 3.94. The zero-order chi connectivity index (χ0) is 18.5. The second kappa shape index (κ2) is 8.43. The SMILES string of the molecule is COc1ccc(/C=N/NC(=O)C2CC2)cc1COc1cccc(Cl)c1Cl. The first-order valence-corrected chi connectivity index (χ1v) is 8.90. The van der Waals surface area contributed by atoms with Gasteiger partial charge in [0, 0.05) is 11.5 Å². The van der Waals surface area contributed by atoms with E-state index in [0.29, 0.717) is 21.5 Å². The summed E-state index contributed by atoms with van der Waals surface area (Å²) in [6.07, 6.45) is 3.48. The number of hydrazone groups is 1. The van der Waals surface area contributed by atoms with Gasteiger partial charge in [0.25, 0.3) is 0 Å². The fourth-order valence-electron chi connectivity index (χ4n) is 2.35. The van der Waals surface area contributed by atoms with Crippen LogP contribution in [0.3, 0.4) is 0 Å². The molecule has 1 fully saturated rings. The van der Waals surface area contributed by atoms with Gasteiger partial charge < -0.3 is 9.47 Å². The topological polar surface area (TPSA) is 59.9 Å². The van der Waals surface area contributed by atoms with Crippen molar-refractivity contribution in [3.8, 4) is 11.5 Å². The van der Waals surface area contributed by atoms with E-state index in [4.69, 9.17) is 32.7 Å². The molecule has 1 aliphatic rings. The number of carbonyl (C=O) groups excluding carboxylic acids is 1. The molecule has 0 radical (unpaired) electrons. The third-order valence-corrected chi connectivity index (χ3v) is 4.74. The van der Waals surface area contributed by atoms with Crippen LogP contribution < -0.4 is 14.9 Å². The summed E-state index contributed by atoms with van der Waals surface area (Å²) < 4.78 is 11.1. The van der Waals surface area contributed by atoms with E-state index in [2.05, 4.69) is 10.5 Å². The van der Waals surface area contributed by atoms with Crippen LogP contribution >= 0.6 is 23.2 Å². The van der Waals surface area contributed by atoms with E-state index >= 15 is 0 Å². The normalized spacial score (nSPS) is 13.7. The van der Waals surface area contributed by atoms with Gasteiger partial charge in [-0.1, -0.05) is 29.3 Å². The number of amides is 1. The summed E-state index contributed by atoms with van der Waals surface area (Å²) >= 11 is 12.1. The van der Waals surface area contributed by atoms with Gasteiger partial charge in [-0.3, -0.25) is 4.79 Å². The zero-order valence-corrected chi connectivity index (χ0v) is 15.7. The number of halogens is 2. The number of hydrogen-bond acceptors (Lipinski definition) is 4. The molecule has 1 saturated carbocycles. The highest BCUT2D eigenvalue weighted by molar-refractivity contribution is 6.42. The molecule has 0 saturated heterocycles. The van der Waals surface area contributed by atoms with Crippen molar-refractivity contribution in [1.82, 2.24) is 5.43 Å². The average molecular weight is 393 g/mol. The van der Waals surface area contributed by atoms with E-state index < -0.39 is 0 Å². The highest BCUT2D eigenvalue weighted by atomic mass is 35.5. The van der Waals surface area contributed by atoms with Crippen LogP contribution in [0.1, 0.15) is 24.0 Å². The molecule has 0 aromatic heterocycles. The van der Waals surface area contributed by atoms with Crippen LogP contribution in [0.4, 0.5) is 0 Å². The van der Waals surface area contributed by atoms with Gasteiger partial charge in [0.15, 0.2) is 0 Å². The molecule has 0 aliphatic heterocycles. The minimum Gasteiger partial charge on any atom is -0.496 e. The average Bonchev–Trinajstić information content (AvgIpc) is 3.48. The molecule has 2 aromatic rings. The van der Waals surface area contributed by atoms with Crippen molar-refractivity contribution in [2.75, 3.05) is 7.11 Å². The Morgan fingerprint density at radius 1 is 1.27 bits per heavy atom. The number of hydrogen-bond donors (Lipinski definition) is 1. The third kappa shape index (κ3) is 4.68. The van der Waals surface area contributed by atoms with Crippen molar-refractivity contribution < 1.29 is 14.3 Å². The molecule has 3 rings (SSSR count). The lowest BCUT2D eigenvalue weighted by Gasteiger charge is -2.12. The summed E-state index contributed by atoms with van der Waals surface area (Å²) in [4.78, 5) is 11.6. The molecular weight excluding hydrogens is 375 g/mol. The minimum absolute atomic E-state index is 0.0334. The molecule has 0 bridgehead atoms. The first-order chi connectivity index (χ1) is 12.6. The monoisotopic (exact) mass is 392 g/mol. The number of nitrogens with zero attached hydrogens (tertiary/aromatic N) is 1. The van der Waals surface area contributed by atoms with E-state index in [1.54, 1.807) is 31.5 Å². The van der Waals surface area contributed by atoms with E-state index in [1.807, 2.05) is 18.2 Å². The van der Waals surface area contributed by atoms with Gasteiger partial charge in [-0.05, 0) is 48.7 Å². The molecule has 1 aliphatic carbocycles. The Balaban J connectivity index is 1.69. The molecule has 1 amide bonds. The Kier molecular flexibility index (Phi) is 6.01. The van der Waals surface area contributed by atoms with Gasteiger partial charge in [-0.2, -0.15) is 5.10 Å². The van der Waals surface area contributed by atoms with Gasteiger partial charge in [0.2, 0.25) is 5.91 Å². The molecule has 26 heavy (non-hydrogen) atoms. The van der Waals surface area contributed by atoms with Crippen molar-refractivity contribution in [3.63, 3.8) is 0 Å². The fourth-order valence-corrected chi connectivity index (χ4v) is 2.70. The van der Waals surface area contributed by atoms with Crippen LogP contribution in [0.15, 0.2) is 41.5 Å². The molecule has 5 nitrogen and oxygen atoms in total. The number of rotatable bonds is 7. The van der Waals surface area contributed by atoms with Crippen molar-refractivity contribution in [3.05, 3.63) is 57.6 Å². The minimum atomic E-state index is -0.0334. The Morgan fingerprint density at radius 3 is 2.81 bits per heavy atom. The van der Waals surface area contributed by atoms with Crippen LogP contribution in [0.2, 0.25) is 10.0 Å². The number of nitrogens with one attached hydrogen (secondary N) is 1. The Bertz CT molecular complexity index is 836. The Morgan fingerprint density at radius 2 is 2.08 bits per heavy atom. The summed E-state index contributed by atoms with van der Waals surface area (Å²) in [7, 11) is 1.59. The predicted octanol–water partition coefficient (Wildman–Crippen LogP) is 4.44. The molecule has 136 valence electrons. The fraction of sp³-hybridized carbons (Fsp3) is 0.263. The predicted molar refractivity (Wildman–Crippen MR) is 102 cm³/mol. The van der Waals surface area contributed by atoms with E-state index in [-0.39, 0.29) is 18.4 Å². The van der Waals surface area contributed by atoms with Gasteiger partial charge in [0.1, 0.15) is 23.1 Å². The van der Waals surface area contributed by atoms with Crippen molar-refractivity contribution in [2.45, 2.75) is 19.4 Å².